The number of rotatable bonds is 2. The molecule has 2 rings (SSSR count). The Morgan fingerprint density at radius 3 is 2.53 bits per heavy atom. The van der Waals surface area contributed by atoms with Crippen molar-refractivity contribution >= 4 is 40.5 Å². The van der Waals surface area contributed by atoms with E-state index in [0.717, 1.165) is 0 Å². The minimum absolute atomic E-state index is 0.286. The zero-order valence-corrected chi connectivity index (χ0v) is 12.8. The van der Waals surface area contributed by atoms with Crippen molar-refractivity contribution in [1.82, 2.24) is 0 Å². The second-order valence-electron chi connectivity index (χ2n) is 4.62. The van der Waals surface area contributed by atoms with E-state index in [0.29, 0.717) is 32.8 Å². The molecule has 1 aliphatic carbocycles. The maximum absolute atomic E-state index is 14.5. The summed E-state index contributed by atoms with van der Waals surface area (Å²) in [6, 6.07) is 5.24. The van der Waals surface area contributed by atoms with E-state index in [1.165, 1.54) is 0 Å². The van der Waals surface area contributed by atoms with Gasteiger partial charge in [0, 0.05) is 30.1 Å². The molecular formula is C14H13Cl3FN. The van der Waals surface area contributed by atoms with Gasteiger partial charge in [-0.1, -0.05) is 46.9 Å². The van der Waals surface area contributed by atoms with Gasteiger partial charge in [0.05, 0.1) is 10.7 Å². The zero-order chi connectivity index (χ0) is 14.2. The maximum atomic E-state index is 14.5. The molecule has 5 heteroatoms. The van der Waals surface area contributed by atoms with Crippen molar-refractivity contribution in [3.63, 3.8) is 0 Å². The molecule has 0 fully saturated rings. The summed E-state index contributed by atoms with van der Waals surface area (Å²) < 4.78 is 14.5. The van der Waals surface area contributed by atoms with Gasteiger partial charge in [0.2, 0.25) is 0 Å². The van der Waals surface area contributed by atoms with Crippen LogP contribution < -0.4 is 4.90 Å². The third kappa shape index (κ3) is 2.91. The summed E-state index contributed by atoms with van der Waals surface area (Å²) in [5.41, 5.74) is 1.03. The van der Waals surface area contributed by atoms with Gasteiger partial charge < -0.3 is 4.90 Å². The molecule has 0 radical (unpaired) electrons. The standard InChI is InChI=1S/C14H13Cl3FN/c1-19(2)12-5-3-4-9(14(12)18)10-6-8(15)7-11(16)13(10)17/h3-5,7,10H,6H2,1-2H3. The molecule has 1 nitrogen and oxygen atoms in total. The lowest BCUT2D eigenvalue weighted by molar-refractivity contribution is 0.596. The average molecular weight is 321 g/mol. The van der Waals surface area contributed by atoms with E-state index >= 15 is 0 Å². The van der Waals surface area contributed by atoms with Crippen molar-refractivity contribution in [1.29, 1.82) is 0 Å². The highest BCUT2D eigenvalue weighted by Gasteiger charge is 2.26. The summed E-state index contributed by atoms with van der Waals surface area (Å²) >= 11 is 18.2. The molecule has 19 heavy (non-hydrogen) atoms. The van der Waals surface area contributed by atoms with Crippen LogP contribution in [0.25, 0.3) is 0 Å². The van der Waals surface area contributed by atoms with Crippen LogP contribution in [-0.2, 0) is 0 Å². The fraction of sp³-hybridized carbons (Fsp3) is 0.286. The van der Waals surface area contributed by atoms with Gasteiger partial charge >= 0.3 is 0 Å². The van der Waals surface area contributed by atoms with E-state index in [4.69, 9.17) is 34.8 Å². The van der Waals surface area contributed by atoms with E-state index in [2.05, 4.69) is 0 Å². The summed E-state index contributed by atoms with van der Waals surface area (Å²) in [6.45, 7) is 0. The number of hydrogen-bond donors (Lipinski definition) is 0. The largest absolute Gasteiger partial charge is 0.375 e. The van der Waals surface area contributed by atoms with Gasteiger partial charge in [0.1, 0.15) is 5.82 Å². The van der Waals surface area contributed by atoms with E-state index in [1.54, 1.807) is 43.3 Å². The topological polar surface area (TPSA) is 3.24 Å². The number of hydrogen-bond acceptors (Lipinski definition) is 1. The first kappa shape index (κ1) is 14.7. The lowest BCUT2D eigenvalue weighted by atomic mass is 9.91. The first-order valence-corrected chi connectivity index (χ1v) is 6.92. The highest BCUT2D eigenvalue weighted by atomic mass is 35.5. The Bertz CT molecular complexity index is 564. The summed E-state index contributed by atoms with van der Waals surface area (Å²) in [4.78, 5) is 1.72. The van der Waals surface area contributed by atoms with Gasteiger partial charge in [-0.3, -0.25) is 0 Å². The molecule has 0 saturated heterocycles. The highest BCUT2D eigenvalue weighted by molar-refractivity contribution is 6.42. The minimum atomic E-state index is -0.327. The molecule has 0 amide bonds. The van der Waals surface area contributed by atoms with E-state index < -0.39 is 0 Å². The minimum Gasteiger partial charge on any atom is -0.375 e. The Balaban J connectivity index is 2.49. The normalized spacial score (nSPS) is 19.5. The van der Waals surface area contributed by atoms with Crippen LogP contribution in [0.3, 0.4) is 0 Å². The van der Waals surface area contributed by atoms with Gasteiger partial charge in [-0.25, -0.2) is 4.39 Å². The van der Waals surface area contributed by atoms with Gasteiger partial charge in [-0.15, -0.1) is 0 Å². The van der Waals surface area contributed by atoms with E-state index in [-0.39, 0.29) is 11.7 Å². The Morgan fingerprint density at radius 2 is 1.89 bits per heavy atom. The van der Waals surface area contributed by atoms with Gasteiger partial charge in [0.15, 0.2) is 0 Å². The monoisotopic (exact) mass is 319 g/mol. The third-order valence-electron chi connectivity index (χ3n) is 3.08. The van der Waals surface area contributed by atoms with E-state index in [1.807, 2.05) is 0 Å². The van der Waals surface area contributed by atoms with Crippen LogP contribution in [0.5, 0.6) is 0 Å². The quantitative estimate of drug-likeness (QED) is 0.724. The Labute approximate surface area is 127 Å². The summed E-state index contributed by atoms with van der Waals surface area (Å²) in [6.07, 6.45) is 2.07. The molecule has 1 aromatic carbocycles. The molecule has 1 aromatic rings. The molecular weight excluding hydrogens is 308 g/mol. The summed E-state index contributed by atoms with van der Waals surface area (Å²) in [7, 11) is 3.58. The molecule has 0 aromatic heterocycles. The fourth-order valence-corrected chi connectivity index (χ4v) is 2.95. The van der Waals surface area contributed by atoms with Crippen LogP contribution in [0.1, 0.15) is 17.9 Å². The molecule has 0 spiro atoms. The van der Waals surface area contributed by atoms with Crippen molar-refractivity contribution < 1.29 is 4.39 Å². The van der Waals surface area contributed by atoms with Crippen LogP contribution >= 0.6 is 34.8 Å². The molecule has 1 unspecified atom stereocenters. The summed E-state index contributed by atoms with van der Waals surface area (Å²) in [5, 5.41) is 1.38. The van der Waals surface area contributed by atoms with Gasteiger partial charge in [-0.05, 0) is 24.1 Å². The molecule has 0 aliphatic heterocycles. The molecule has 1 aliphatic rings. The van der Waals surface area contributed by atoms with Crippen molar-refractivity contribution in [2.45, 2.75) is 12.3 Å². The smallest absolute Gasteiger partial charge is 0.150 e. The highest BCUT2D eigenvalue weighted by Crippen LogP contribution is 2.43. The number of allylic oxidation sites excluding steroid dienone is 4. The van der Waals surface area contributed by atoms with Gasteiger partial charge in [0.25, 0.3) is 0 Å². The second-order valence-corrected chi connectivity index (χ2v) is 5.92. The molecule has 0 heterocycles. The first-order valence-electron chi connectivity index (χ1n) is 5.78. The van der Waals surface area contributed by atoms with Crippen LogP contribution in [0.4, 0.5) is 10.1 Å². The van der Waals surface area contributed by atoms with Crippen molar-refractivity contribution in [2.24, 2.45) is 0 Å². The first-order chi connectivity index (χ1) is 8.91. The second kappa shape index (κ2) is 5.74. The number of anilines is 1. The van der Waals surface area contributed by atoms with Crippen molar-refractivity contribution in [3.05, 3.63) is 50.8 Å². The molecule has 102 valence electrons. The Kier molecular flexibility index (Phi) is 4.44. The third-order valence-corrected chi connectivity index (χ3v) is 4.22. The number of nitrogens with zero attached hydrogens (tertiary/aromatic N) is 1. The Hall–Kier alpha value is -0.700. The van der Waals surface area contributed by atoms with Crippen molar-refractivity contribution in [3.8, 4) is 0 Å². The average Bonchev–Trinajstić information content (AvgIpc) is 2.34. The predicted molar refractivity (Wildman–Crippen MR) is 80.8 cm³/mol. The number of halogens is 4. The predicted octanol–water partition coefficient (Wildman–Crippen LogP) is 5.19. The SMILES string of the molecule is CN(C)c1cccc(C2CC(Cl)=CC(Cl)=C2Cl)c1F. The van der Waals surface area contributed by atoms with Gasteiger partial charge in [-0.2, -0.15) is 0 Å². The molecule has 0 N–H and O–H groups in total. The maximum Gasteiger partial charge on any atom is 0.150 e. The fourth-order valence-electron chi connectivity index (χ4n) is 2.11. The van der Waals surface area contributed by atoms with Crippen LogP contribution in [0, 0.1) is 5.82 Å². The molecule has 1 atom stereocenters. The van der Waals surface area contributed by atoms with Crippen LogP contribution in [0.15, 0.2) is 39.4 Å². The lowest BCUT2D eigenvalue weighted by Crippen LogP contribution is -2.14. The zero-order valence-electron chi connectivity index (χ0n) is 10.6. The van der Waals surface area contributed by atoms with Crippen LogP contribution in [0.2, 0.25) is 0 Å². The van der Waals surface area contributed by atoms with Crippen LogP contribution in [-0.4, -0.2) is 14.1 Å². The Morgan fingerprint density at radius 1 is 1.21 bits per heavy atom. The van der Waals surface area contributed by atoms with Crippen molar-refractivity contribution in [2.75, 3.05) is 19.0 Å². The summed E-state index contributed by atoms with van der Waals surface area (Å²) in [5.74, 6) is -0.613. The molecule has 0 saturated carbocycles. The number of benzene rings is 1. The lowest BCUT2D eigenvalue weighted by Gasteiger charge is -2.23. The van der Waals surface area contributed by atoms with E-state index in [9.17, 15) is 4.39 Å². The molecule has 0 bridgehead atoms.